The van der Waals surface area contributed by atoms with E-state index < -0.39 is 0 Å². The van der Waals surface area contributed by atoms with Gasteiger partial charge in [0.15, 0.2) is 10.9 Å². The van der Waals surface area contributed by atoms with Gasteiger partial charge in [0.25, 0.3) is 0 Å². The molecule has 30 heavy (non-hydrogen) atoms. The van der Waals surface area contributed by atoms with Gasteiger partial charge in [0.05, 0.1) is 6.61 Å². The highest BCUT2D eigenvalue weighted by Crippen LogP contribution is 2.31. The van der Waals surface area contributed by atoms with Gasteiger partial charge in [-0.3, -0.25) is 4.79 Å². The third kappa shape index (κ3) is 8.03. The molecule has 0 saturated heterocycles. The second kappa shape index (κ2) is 11.8. The van der Waals surface area contributed by atoms with E-state index >= 15 is 0 Å². The van der Waals surface area contributed by atoms with Crippen molar-refractivity contribution in [2.75, 3.05) is 12.4 Å². The zero-order valence-electron chi connectivity index (χ0n) is 18.5. The smallest absolute Gasteiger partial charge is 0.232 e. The lowest BCUT2D eigenvalue weighted by Gasteiger charge is -2.23. The summed E-state index contributed by atoms with van der Waals surface area (Å²) in [5, 5.41) is 0.942. The molecule has 6 heteroatoms. The maximum atomic E-state index is 13.4. The third-order valence-corrected chi connectivity index (χ3v) is 6.68. The third-order valence-electron chi connectivity index (χ3n) is 5.09. The lowest BCUT2D eigenvalue weighted by Crippen LogP contribution is -2.22. The molecule has 0 amide bonds. The summed E-state index contributed by atoms with van der Waals surface area (Å²) in [4.78, 5) is 12.4. The monoisotopic (exact) mass is 452 g/mol. The summed E-state index contributed by atoms with van der Waals surface area (Å²) in [6, 6.07) is 6.05. The normalized spacial score (nSPS) is 11.9. The highest BCUT2D eigenvalue weighted by molar-refractivity contribution is 8.13. The van der Waals surface area contributed by atoms with Crippen LogP contribution >= 0.6 is 24.0 Å². The van der Waals surface area contributed by atoms with E-state index in [2.05, 4.69) is 27.7 Å². The fourth-order valence-electron chi connectivity index (χ4n) is 3.03. The van der Waals surface area contributed by atoms with Crippen molar-refractivity contribution in [2.45, 2.75) is 66.2 Å². The van der Waals surface area contributed by atoms with Crippen molar-refractivity contribution in [2.24, 2.45) is 11.3 Å². The number of rotatable bonds is 12. The fourth-order valence-corrected chi connectivity index (χ4v) is 4.26. The molecule has 1 aromatic carbocycles. The van der Waals surface area contributed by atoms with Crippen molar-refractivity contribution in [3.05, 3.63) is 34.8 Å². The molecule has 0 fully saturated rings. The zero-order valence-corrected chi connectivity index (χ0v) is 20.1. The van der Waals surface area contributed by atoms with Crippen molar-refractivity contribution in [3.8, 4) is 5.75 Å². The average molecular weight is 453 g/mol. The molecule has 0 spiro atoms. The van der Waals surface area contributed by atoms with Crippen LogP contribution in [0.2, 0.25) is 0 Å². The van der Waals surface area contributed by atoms with E-state index in [1.807, 2.05) is 0 Å². The largest absolute Gasteiger partial charge is 0.489 e. The van der Waals surface area contributed by atoms with E-state index in [0.29, 0.717) is 34.4 Å². The Morgan fingerprint density at radius 2 is 1.93 bits per heavy atom. The number of carbonyl (C=O) groups is 1. The standard InChI is InChI=1S/C24H33FO3S2/c1-17(2)11-12-24(3,4)23(26)30-14-8-6-5-7-13-27-21-16-18-15-19(25)9-10-20(18)28-22(21)29/h9-10,15-17H,5-8,11-14H2,1-4H3. The van der Waals surface area contributed by atoms with E-state index in [1.165, 1.54) is 23.9 Å². The number of unbranched alkanes of at least 4 members (excludes halogenated alkanes) is 3. The quantitative estimate of drug-likeness (QED) is 0.241. The van der Waals surface area contributed by atoms with Crippen molar-refractivity contribution in [3.63, 3.8) is 0 Å². The highest BCUT2D eigenvalue weighted by atomic mass is 32.2. The van der Waals surface area contributed by atoms with Crippen LogP contribution in [0.4, 0.5) is 4.39 Å². The minimum absolute atomic E-state index is 0.238. The minimum Gasteiger partial charge on any atom is -0.489 e. The molecule has 0 aliphatic carbocycles. The maximum absolute atomic E-state index is 13.4. The van der Waals surface area contributed by atoms with Gasteiger partial charge >= 0.3 is 0 Å². The number of ether oxygens (including phenoxy) is 1. The Labute approximate surface area is 188 Å². The van der Waals surface area contributed by atoms with E-state index in [-0.39, 0.29) is 15.9 Å². The molecule has 0 radical (unpaired) electrons. The van der Waals surface area contributed by atoms with E-state index in [9.17, 15) is 9.18 Å². The van der Waals surface area contributed by atoms with Gasteiger partial charge in [0.1, 0.15) is 11.4 Å². The van der Waals surface area contributed by atoms with Gasteiger partial charge in [0.2, 0.25) is 4.71 Å². The zero-order chi connectivity index (χ0) is 22.1. The number of hydrogen-bond acceptors (Lipinski definition) is 5. The SMILES string of the molecule is CC(C)CCC(C)(C)C(=O)SCCCCCCOc1cc2cc(F)ccc2oc1=S. The van der Waals surface area contributed by atoms with Crippen LogP contribution in [0.5, 0.6) is 5.75 Å². The molecule has 2 rings (SSSR count). The Balaban J connectivity index is 1.63. The Kier molecular flexibility index (Phi) is 9.82. The van der Waals surface area contributed by atoms with Crippen molar-refractivity contribution in [1.82, 2.24) is 0 Å². The van der Waals surface area contributed by atoms with Crippen LogP contribution in [0, 0.1) is 21.9 Å². The molecule has 0 saturated carbocycles. The fraction of sp³-hybridized carbons (Fsp3) is 0.583. The number of hydrogen-bond donors (Lipinski definition) is 0. The Morgan fingerprint density at radius 1 is 1.20 bits per heavy atom. The van der Waals surface area contributed by atoms with Gasteiger partial charge in [-0.15, -0.1) is 0 Å². The number of benzene rings is 1. The lowest BCUT2D eigenvalue weighted by atomic mass is 9.87. The summed E-state index contributed by atoms with van der Waals surface area (Å²) >= 11 is 6.69. The summed E-state index contributed by atoms with van der Waals surface area (Å²) < 4.78 is 24.9. The maximum Gasteiger partial charge on any atom is 0.232 e. The molecule has 0 aliphatic rings. The van der Waals surface area contributed by atoms with Crippen LogP contribution in [0.25, 0.3) is 11.0 Å². The van der Waals surface area contributed by atoms with Crippen molar-refractivity contribution in [1.29, 1.82) is 0 Å². The van der Waals surface area contributed by atoms with Crippen LogP contribution in [0.15, 0.2) is 28.7 Å². The summed E-state index contributed by atoms with van der Waals surface area (Å²) in [6.07, 6.45) is 6.04. The molecule has 2 aromatic rings. The molecule has 0 N–H and O–H groups in total. The van der Waals surface area contributed by atoms with Crippen LogP contribution < -0.4 is 4.74 Å². The first-order valence-electron chi connectivity index (χ1n) is 10.7. The predicted octanol–water partition coefficient (Wildman–Crippen LogP) is 7.96. The molecule has 1 aromatic heterocycles. The summed E-state index contributed by atoms with van der Waals surface area (Å²) in [5.41, 5.74) is 0.312. The van der Waals surface area contributed by atoms with Crippen molar-refractivity contribution >= 4 is 40.1 Å². The first-order valence-corrected chi connectivity index (χ1v) is 12.1. The second-order valence-corrected chi connectivity index (χ2v) is 10.2. The topological polar surface area (TPSA) is 39.4 Å². The van der Waals surface area contributed by atoms with Crippen molar-refractivity contribution < 1.29 is 18.3 Å². The van der Waals surface area contributed by atoms with Gasteiger partial charge in [-0.05, 0) is 61.7 Å². The number of carbonyl (C=O) groups excluding carboxylic acids is 1. The second-order valence-electron chi connectivity index (χ2n) is 8.80. The van der Waals surface area contributed by atoms with Gasteiger partial charge < -0.3 is 9.15 Å². The summed E-state index contributed by atoms with van der Waals surface area (Å²) in [5.74, 6) is 1.66. The average Bonchev–Trinajstić information content (AvgIpc) is 2.68. The van der Waals surface area contributed by atoms with Crippen LogP contribution in [0.3, 0.4) is 0 Å². The molecule has 0 atom stereocenters. The first-order chi connectivity index (χ1) is 14.2. The van der Waals surface area contributed by atoms with Gasteiger partial charge in [-0.25, -0.2) is 4.39 Å². The van der Waals surface area contributed by atoms with Crippen LogP contribution in [0.1, 0.15) is 66.2 Å². The minimum atomic E-state index is -0.319. The summed E-state index contributed by atoms with van der Waals surface area (Å²) in [7, 11) is 0. The first kappa shape index (κ1) is 24.9. The van der Waals surface area contributed by atoms with Crippen LogP contribution in [-0.4, -0.2) is 17.5 Å². The van der Waals surface area contributed by atoms with Gasteiger partial charge in [-0.2, -0.15) is 0 Å². The lowest BCUT2D eigenvalue weighted by molar-refractivity contribution is -0.118. The van der Waals surface area contributed by atoms with E-state index in [1.54, 1.807) is 12.1 Å². The Morgan fingerprint density at radius 3 is 2.67 bits per heavy atom. The molecular formula is C24H33FO3S2. The molecular weight excluding hydrogens is 419 g/mol. The predicted molar refractivity (Wildman–Crippen MR) is 126 cm³/mol. The Hall–Kier alpha value is -1.40. The number of halogens is 1. The molecule has 0 bridgehead atoms. The number of thioether (sulfide) groups is 1. The van der Waals surface area contributed by atoms with E-state index in [4.69, 9.17) is 21.4 Å². The summed E-state index contributed by atoms with van der Waals surface area (Å²) in [6.45, 7) is 9.04. The molecule has 0 unspecified atom stereocenters. The van der Waals surface area contributed by atoms with Gasteiger partial charge in [0, 0.05) is 16.6 Å². The molecule has 166 valence electrons. The molecule has 3 nitrogen and oxygen atoms in total. The van der Waals surface area contributed by atoms with Crippen LogP contribution in [-0.2, 0) is 4.79 Å². The molecule has 1 heterocycles. The Bertz CT molecular complexity index is 890. The van der Waals surface area contributed by atoms with Gasteiger partial charge in [-0.1, -0.05) is 58.7 Å². The van der Waals surface area contributed by atoms with E-state index in [0.717, 1.165) is 44.3 Å². The molecule has 0 aliphatic heterocycles. The number of fused-ring (bicyclic) bond motifs is 1. The highest BCUT2D eigenvalue weighted by Gasteiger charge is 2.27.